The van der Waals surface area contributed by atoms with Crippen LogP contribution in [-0.2, 0) is 6.54 Å². The molecule has 0 aliphatic heterocycles. The summed E-state index contributed by atoms with van der Waals surface area (Å²) in [4.78, 5) is 6.74. The van der Waals surface area contributed by atoms with Crippen LogP contribution in [0.5, 0.6) is 0 Å². The molecular weight excluding hydrogens is 198 g/mol. The number of anilines is 1. The van der Waals surface area contributed by atoms with Crippen LogP contribution in [0.2, 0.25) is 0 Å². The molecule has 0 saturated carbocycles. The van der Waals surface area contributed by atoms with Crippen LogP contribution in [0.25, 0.3) is 0 Å². The van der Waals surface area contributed by atoms with Gasteiger partial charge in [0.2, 0.25) is 0 Å². The third-order valence-electron chi connectivity index (χ3n) is 2.69. The van der Waals surface area contributed by atoms with Crippen LogP contribution in [0.15, 0.2) is 18.3 Å². The average molecular weight is 221 g/mol. The number of pyridine rings is 1. The molecule has 1 aromatic heterocycles. The zero-order valence-electron chi connectivity index (χ0n) is 10.7. The van der Waals surface area contributed by atoms with Crippen LogP contribution in [0.3, 0.4) is 0 Å². The Morgan fingerprint density at radius 3 is 2.81 bits per heavy atom. The van der Waals surface area contributed by atoms with Gasteiger partial charge < -0.3 is 10.2 Å². The minimum Gasteiger partial charge on any atom is -0.372 e. The summed E-state index contributed by atoms with van der Waals surface area (Å²) >= 11 is 0. The molecule has 0 aliphatic carbocycles. The molecule has 0 unspecified atom stereocenters. The number of hydrogen-bond donors (Lipinski definition) is 1. The Balaban J connectivity index is 2.71. The van der Waals surface area contributed by atoms with Crippen molar-refractivity contribution in [2.24, 2.45) is 0 Å². The Morgan fingerprint density at radius 1 is 1.38 bits per heavy atom. The van der Waals surface area contributed by atoms with E-state index < -0.39 is 0 Å². The maximum atomic E-state index is 4.34. The highest BCUT2D eigenvalue weighted by Gasteiger charge is 2.04. The van der Waals surface area contributed by atoms with Crippen molar-refractivity contribution < 1.29 is 0 Å². The molecule has 90 valence electrons. The first-order valence-electron chi connectivity index (χ1n) is 6.16. The van der Waals surface area contributed by atoms with Gasteiger partial charge in [-0.3, -0.25) is 4.98 Å². The van der Waals surface area contributed by atoms with Gasteiger partial charge in [0.1, 0.15) is 0 Å². The summed E-state index contributed by atoms with van der Waals surface area (Å²) in [7, 11) is 1.95. The lowest BCUT2D eigenvalue weighted by molar-refractivity contribution is 0.728. The van der Waals surface area contributed by atoms with E-state index in [1.54, 1.807) is 0 Å². The number of hydrogen-bond acceptors (Lipinski definition) is 3. The first kappa shape index (κ1) is 13.0. The van der Waals surface area contributed by atoms with Gasteiger partial charge in [0.05, 0.1) is 5.69 Å². The molecule has 0 saturated heterocycles. The van der Waals surface area contributed by atoms with Crippen molar-refractivity contribution in [2.45, 2.75) is 33.2 Å². The molecule has 1 rings (SSSR count). The highest BCUT2D eigenvalue weighted by Crippen LogP contribution is 2.15. The van der Waals surface area contributed by atoms with E-state index in [-0.39, 0.29) is 0 Å². The van der Waals surface area contributed by atoms with Crippen molar-refractivity contribution in [3.05, 3.63) is 24.0 Å². The molecule has 0 aliphatic rings. The second-order valence-corrected chi connectivity index (χ2v) is 3.97. The summed E-state index contributed by atoms with van der Waals surface area (Å²) in [5.41, 5.74) is 2.39. The fourth-order valence-electron chi connectivity index (χ4n) is 1.76. The smallest absolute Gasteiger partial charge is 0.0562 e. The standard InChI is InChI=1S/C13H23N3/c1-4-6-9-16(5-2)13-7-8-15-12(10-13)11-14-3/h7-8,10,14H,4-6,9,11H2,1-3H3. The van der Waals surface area contributed by atoms with Crippen LogP contribution >= 0.6 is 0 Å². The predicted octanol–water partition coefficient (Wildman–Crippen LogP) is 2.43. The summed E-state index contributed by atoms with van der Waals surface area (Å²) in [6.07, 6.45) is 4.39. The largest absolute Gasteiger partial charge is 0.372 e. The van der Waals surface area contributed by atoms with Crippen LogP contribution in [0.4, 0.5) is 5.69 Å². The average Bonchev–Trinajstić information content (AvgIpc) is 2.31. The highest BCUT2D eigenvalue weighted by molar-refractivity contribution is 5.46. The number of unbranched alkanes of at least 4 members (excludes halogenated alkanes) is 1. The first-order chi connectivity index (χ1) is 7.81. The quantitative estimate of drug-likeness (QED) is 0.766. The van der Waals surface area contributed by atoms with Crippen molar-refractivity contribution in [3.8, 4) is 0 Å². The van der Waals surface area contributed by atoms with Gasteiger partial charge in [-0.1, -0.05) is 13.3 Å². The maximum Gasteiger partial charge on any atom is 0.0562 e. The maximum absolute atomic E-state index is 4.34. The van der Waals surface area contributed by atoms with E-state index in [0.717, 1.165) is 25.3 Å². The van der Waals surface area contributed by atoms with E-state index in [0.29, 0.717) is 0 Å². The molecule has 0 amide bonds. The Morgan fingerprint density at radius 2 is 2.19 bits per heavy atom. The van der Waals surface area contributed by atoms with Gasteiger partial charge in [-0.2, -0.15) is 0 Å². The van der Waals surface area contributed by atoms with E-state index in [1.165, 1.54) is 18.5 Å². The Bertz CT molecular complexity index is 299. The van der Waals surface area contributed by atoms with Gasteiger partial charge in [0.25, 0.3) is 0 Å². The second-order valence-electron chi connectivity index (χ2n) is 3.97. The molecular formula is C13H23N3. The fraction of sp³-hybridized carbons (Fsp3) is 0.615. The van der Waals surface area contributed by atoms with E-state index in [4.69, 9.17) is 0 Å². The lowest BCUT2D eigenvalue weighted by Crippen LogP contribution is -2.24. The van der Waals surface area contributed by atoms with E-state index >= 15 is 0 Å². The summed E-state index contributed by atoms with van der Waals surface area (Å²) in [6.45, 7) is 7.46. The van der Waals surface area contributed by atoms with Crippen molar-refractivity contribution in [1.29, 1.82) is 0 Å². The Hall–Kier alpha value is -1.09. The van der Waals surface area contributed by atoms with Crippen molar-refractivity contribution in [3.63, 3.8) is 0 Å². The van der Waals surface area contributed by atoms with Crippen LogP contribution in [0.1, 0.15) is 32.4 Å². The number of nitrogens with zero attached hydrogens (tertiary/aromatic N) is 2. The SMILES string of the molecule is CCCCN(CC)c1ccnc(CNC)c1. The molecule has 1 aromatic rings. The molecule has 0 spiro atoms. The van der Waals surface area contributed by atoms with Gasteiger partial charge in [0, 0.05) is 31.5 Å². The van der Waals surface area contributed by atoms with E-state index in [1.807, 2.05) is 13.2 Å². The van der Waals surface area contributed by atoms with Crippen LogP contribution in [-0.4, -0.2) is 25.1 Å². The number of aromatic nitrogens is 1. The minimum atomic E-state index is 0.833. The topological polar surface area (TPSA) is 28.2 Å². The molecule has 0 atom stereocenters. The first-order valence-corrected chi connectivity index (χ1v) is 6.16. The van der Waals surface area contributed by atoms with Gasteiger partial charge in [-0.15, -0.1) is 0 Å². The van der Waals surface area contributed by atoms with Crippen LogP contribution < -0.4 is 10.2 Å². The molecule has 16 heavy (non-hydrogen) atoms. The van der Waals surface area contributed by atoms with Crippen molar-refractivity contribution in [1.82, 2.24) is 10.3 Å². The molecule has 0 bridgehead atoms. The number of nitrogens with one attached hydrogen (secondary N) is 1. The van der Waals surface area contributed by atoms with Crippen molar-refractivity contribution in [2.75, 3.05) is 25.0 Å². The molecule has 3 nitrogen and oxygen atoms in total. The minimum absolute atomic E-state index is 0.833. The molecule has 3 heteroatoms. The summed E-state index contributed by atoms with van der Waals surface area (Å²) in [6, 6.07) is 4.27. The Labute approximate surface area is 98.9 Å². The zero-order chi connectivity index (χ0) is 11.8. The Kier molecular flexibility index (Phi) is 5.86. The second kappa shape index (κ2) is 7.23. The lowest BCUT2D eigenvalue weighted by atomic mass is 10.2. The summed E-state index contributed by atoms with van der Waals surface area (Å²) in [5, 5.41) is 3.13. The third-order valence-corrected chi connectivity index (χ3v) is 2.69. The monoisotopic (exact) mass is 221 g/mol. The van der Waals surface area contributed by atoms with Gasteiger partial charge >= 0.3 is 0 Å². The highest BCUT2D eigenvalue weighted by atomic mass is 15.1. The molecule has 1 N–H and O–H groups in total. The molecule has 0 radical (unpaired) electrons. The fourth-order valence-corrected chi connectivity index (χ4v) is 1.76. The zero-order valence-corrected chi connectivity index (χ0v) is 10.7. The van der Waals surface area contributed by atoms with Gasteiger partial charge in [-0.25, -0.2) is 0 Å². The third kappa shape index (κ3) is 3.81. The van der Waals surface area contributed by atoms with E-state index in [9.17, 15) is 0 Å². The van der Waals surface area contributed by atoms with Gasteiger partial charge in [-0.05, 0) is 32.5 Å². The number of rotatable bonds is 7. The summed E-state index contributed by atoms with van der Waals surface area (Å²) < 4.78 is 0. The molecule has 1 heterocycles. The molecule has 0 aromatic carbocycles. The summed E-state index contributed by atoms with van der Waals surface area (Å²) in [5.74, 6) is 0. The molecule has 0 fully saturated rings. The van der Waals surface area contributed by atoms with Crippen molar-refractivity contribution >= 4 is 5.69 Å². The van der Waals surface area contributed by atoms with Crippen LogP contribution in [0, 0.1) is 0 Å². The normalized spacial score (nSPS) is 10.4. The van der Waals surface area contributed by atoms with Gasteiger partial charge in [0.15, 0.2) is 0 Å². The lowest BCUT2D eigenvalue weighted by Gasteiger charge is -2.23. The predicted molar refractivity (Wildman–Crippen MR) is 69.8 cm³/mol. The van der Waals surface area contributed by atoms with E-state index in [2.05, 4.69) is 41.2 Å².